The van der Waals surface area contributed by atoms with E-state index in [9.17, 15) is 9.18 Å². The highest BCUT2D eigenvalue weighted by Crippen LogP contribution is 2.30. The first-order valence-corrected chi connectivity index (χ1v) is 12.9. The Morgan fingerprint density at radius 3 is 2.72 bits per heavy atom. The second-order valence-electron chi connectivity index (χ2n) is 9.99. The van der Waals surface area contributed by atoms with Gasteiger partial charge in [-0.25, -0.2) is 24.3 Å². The highest BCUT2D eigenvalue weighted by Gasteiger charge is 2.27. The molecule has 1 aromatic carbocycles. The van der Waals surface area contributed by atoms with Gasteiger partial charge in [0, 0.05) is 44.4 Å². The zero-order valence-electron chi connectivity index (χ0n) is 21.5. The van der Waals surface area contributed by atoms with Crippen LogP contribution in [0.2, 0.25) is 0 Å². The Bertz CT molecular complexity index is 1540. The number of piperazine rings is 1. The molecule has 0 spiro atoms. The Balaban J connectivity index is 1.20. The molecule has 0 unspecified atom stereocenters. The fourth-order valence-electron chi connectivity index (χ4n) is 4.50. The normalized spacial score (nSPS) is 15.9. The number of amides is 1. The molecule has 1 saturated heterocycles. The number of benzene rings is 1. The lowest BCUT2D eigenvalue weighted by atomic mass is 10.1. The van der Waals surface area contributed by atoms with Crippen LogP contribution >= 0.6 is 0 Å². The van der Waals surface area contributed by atoms with E-state index in [1.54, 1.807) is 19.2 Å². The molecule has 0 atom stereocenters. The average molecular weight is 530 g/mol. The SMILES string of the molecule is C=C(C)c1cc(NC(=O)c2ccc(F)c(Nc3ncnc4cnc(N5CCN(CC6CC6)CC5)nc34)c2)no1. The summed E-state index contributed by atoms with van der Waals surface area (Å²) in [7, 11) is 0. The summed E-state index contributed by atoms with van der Waals surface area (Å²) in [6, 6.07) is 5.57. The number of allylic oxidation sites excluding steroid dienone is 1. The molecule has 3 aromatic heterocycles. The summed E-state index contributed by atoms with van der Waals surface area (Å²) in [5, 5.41) is 9.45. The highest BCUT2D eigenvalue weighted by atomic mass is 19.1. The Hall–Kier alpha value is -4.45. The minimum atomic E-state index is -0.551. The second kappa shape index (κ2) is 10.4. The van der Waals surface area contributed by atoms with Gasteiger partial charge >= 0.3 is 0 Å². The van der Waals surface area contributed by atoms with Gasteiger partial charge in [-0.1, -0.05) is 11.7 Å². The molecule has 0 radical (unpaired) electrons. The molecule has 2 aliphatic rings. The standard InChI is InChI=1S/C27H28FN9O2/c1-16(2)22-12-23(35-39-22)33-26(38)18-5-6-19(28)20(11-18)32-25-24-21(30-15-31-25)13-29-27(34-24)37-9-7-36(8-10-37)14-17-3-4-17/h5-6,11-13,15,17H,1,3-4,7-10,14H2,2H3,(H,30,31,32)(H,33,35,38). The smallest absolute Gasteiger partial charge is 0.256 e. The van der Waals surface area contributed by atoms with Gasteiger partial charge in [-0.15, -0.1) is 0 Å². The van der Waals surface area contributed by atoms with E-state index in [-0.39, 0.29) is 17.1 Å². The van der Waals surface area contributed by atoms with Gasteiger partial charge < -0.3 is 20.1 Å². The summed E-state index contributed by atoms with van der Waals surface area (Å²) in [6.45, 7) is 10.3. The van der Waals surface area contributed by atoms with Gasteiger partial charge in [-0.3, -0.25) is 9.69 Å². The van der Waals surface area contributed by atoms with Crippen LogP contribution in [0.25, 0.3) is 16.6 Å². The van der Waals surface area contributed by atoms with E-state index in [0.717, 1.165) is 32.1 Å². The van der Waals surface area contributed by atoms with Crippen molar-refractivity contribution in [3.05, 3.63) is 60.5 Å². The molecular weight excluding hydrogens is 501 g/mol. The zero-order valence-corrected chi connectivity index (χ0v) is 21.5. The number of halogens is 1. The fourth-order valence-corrected chi connectivity index (χ4v) is 4.50. The van der Waals surface area contributed by atoms with Crippen LogP contribution in [0, 0.1) is 11.7 Å². The number of nitrogens with one attached hydrogen (secondary N) is 2. The lowest BCUT2D eigenvalue weighted by Crippen LogP contribution is -2.47. The minimum absolute atomic E-state index is 0.0688. The van der Waals surface area contributed by atoms with Crippen LogP contribution in [0.5, 0.6) is 0 Å². The molecule has 2 N–H and O–H groups in total. The maximum Gasteiger partial charge on any atom is 0.256 e. The molecule has 200 valence electrons. The molecular formula is C27H28FN9O2. The van der Waals surface area contributed by atoms with Crippen molar-refractivity contribution in [3.8, 4) is 0 Å². The highest BCUT2D eigenvalue weighted by molar-refractivity contribution is 6.04. The largest absolute Gasteiger partial charge is 0.354 e. The van der Waals surface area contributed by atoms with Gasteiger partial charge in [0.15, 0.2) is 17.4 Å². The molecule has 11 nitrogen and oxygen atoms in total. The first kappa shape index (κ1) is 24.9. The third-order valence-corrected chi connectivity index (χ3v) is 6.89. The van der Waals surface area contributed by atoms with Crippen LogP contribution in [0.3, 0.4) is 0 Å². The number of rotatable bonds is 8. The molecule has 6 rings (SSSR count). The molecule has 1 aliphatic heterocycles. The first-order valence-electron chi connectivity index (χ1n) is 12.9. The van der Waals surface area contributed by atoms with Crippen molar-refractivity contribution in [2.45, 2.75) is 19.8 Å². The third kappa shape index (κ3) is 5.55. The van der Waals surface area contributed by atoms with Gasteiger partial charge in [0.25, 0.3) is 5.91 Å². The van der Waals surface area contributed by atoms with E-state index in [1.165, 1.54) is 43.9 Å². The van der Waals surface area contributed by atoms with E-state index in [2.05, 4.69) is 47.1 Å². The minimum Gasteiger partial charge on any atom is -0.354 e. The third-order valence-electron chi connectivity index (χ3n) is 6.89. The first-order chi connectivity index (χ1) is 18.9. The summed E-state index contributed by atoms with van der Waals surface area (Å²) < 4.78 is 20.0. The van der Waals surface area contributed by atoms with Crippen molar-refractivity contribution in [2.75, 3.05) is 48.3 Å². The molecule has 39 heavy (non-hydrogen) atoms. The molecule has 12 heteroatoms. The average Bonchev–Trinajstić information content (AvgIpc) is 3.63. The summed E-state index contributed by atoms with van der Waals surface area (Å²) in [4.78, 5) is 35.3. The van der Waals surface area contributed by atoms with Crippen LogP contribution in [0.15, 0.2) is 47.9 Å². The van der Waals surface area contributed by atoms with Gasteiger partial charge in [0.1, 0.15) is 23.2 Å². The summed E-state index contributed by atoms with van der Waals surface area (Å²) in [5.41, 5.74) is 1.95. The van der Waals surface area contributed by atoms with Crippen molar-refractivity contribution in [3.63, 3.8) is 0 Å². The van der Waals surface area contributed by atoms with E-state index in [4.69, 9.17) is 9.51 Å². The number of aromatic nitrogens is 5. The Kier molecular flexibility index (Phi) is 6.61. The molecule has 0 bridgehead atoms. The van der Waals surface area contributed by atoms with E-state index in [0.29, 0.717) is 34.1 Å². The lowest BCUT2D eigenvalue weighted by molar-refractivity contribution is 0.102. The predicted molar refractivity (Wildman–Crippen MR) is 145 cm³/mol. The van der Waals surface area contributed by atoms with Gasteiger partial charge in [-0.05, 0) is 49.5 Å². The van der Waals surface area contributed by atoms with Crippen LogP contribution < -0.4 is 15.5 Å². The molecule has 1 amide bonds. The second-order valence-corrected chi connectivity index (χ2v) is 9.99. The molecule has 4 heterocycles. The number of hydrogen-bond acceptors (Lipinski definition) is 10. The predicted octanol–water partition coefficient (Wildman–Crippen LogP) is 4.11. The van der Waals surface area contributed by atoms with Crippen molar-refractivity contribution < 1.29 is 13.7 Å². The summed E-state index contributed by atoms with van der Waals surface area (Å²) in [5.74, 6) is 1.43. The van der Waals surface area contributed by atoms with E-state index in [1.807, 2.05) is 0 Å². The molecule has 4 aromatic rings. The quantitative estimate of drug-likeness (QED) is 0.344. The van der Waals surface area contributed by atoms with Crippen LogP contribution in [0.4, 0.5) is 27.7 Å². The summed E-state index contributed by atoms with van der Waals surface area (Å²) >= 11 is 0. The van der Waals surface area contributed by atoms with E-state index >= 15 is 0 Å². The molecule has 1 saturated carbocycles. The number of carbonyl (C=O) groups excluding carboxylic acids is 1. The Morgan fingerprint density at radius 1 is 1.15 bits per heavy atom. The maximum absolute atomic E-state index is 14.8. The number of hydrogen-bond donors (Lipinski definition) is 2. The summed E-state index contributed by atoms with van der Waals surface area (Å²) in [6.07, 6.45) is 5.70. The number of fused-ring (bicyclic) bond motifs is 1. The van der Waals surface area contributed by atoms with Crippen molar-refractivity contribution in [1.82, 2.24) is 30.0 Å². The molecule has 2 fully saturated rings. The number of carbonyl (C=O) groups is 1. The van der Waals surface area contributed by atoms with Crippen molar-refractivity contribution >= 4 is 45.8 Å². The van der Waals surface area contributed by atoms with Gasteiger partial charge in [0.05, 0.1) is 11.9 Å². The van der Waals surface area contributed by atoms with Crippen molar-refractivity contribution in [1.29, 1.82) is 0 Å². The molecule has 1 aliphatic carbocycles. The van der Waals surface area contributed by atoms with Crippen LogP contribution in [-0.4, -0.2) is 68.6 Å². The maximum atomic E-state index is 14.8. The zero-order chi connectivity index (χ0) is 26.9. The van der Waals surface area contributed by atoms with Gasteiger partial charge in [-0.2, -0.15) is 0 Å². The fraction of sp³-hybridized carbons (Fsp3) is 0.333. The topological polar surface area (TPSA) is 125 Å². The Morgan fingerprint density at radius 2 is 1.97 bits per heavy atom. The van der Waals surface area contributed by atoms with Crippen LogP contribution in [0.1, 0.15) is 35.9 Å². The lowest BCUT2D eigenvalue weighted by Gasteiger charge is -2.34. The Labute approximate surface area is 224 Å². The van der Waals surface area contributed by atoms with Gasteiger partial charge in [0.2, 0.25) is 5.95 Å². The monoisotopic (exact) mass is 529 g/mol. The number of nitrogens with zero attached hydrogens (tertiary/aromatic N) is 7. The van der Waals surface area contributed by atoms with Crippen LogP contribution in [-0.2, 0) is 0 Å². The van der Waals surface area contributed by atoms with E-state index < -0.39 is 11.7 Å². The van der Waals surface area contributed by atoms with Crippen molar-refractivity contribution in [2.24, 2.45) is 5.92 Å². The number of anilines is 4.